The molecule has 0 aliphatic heterocycles. The van der Waals surface area contributed by atoms with Gasteiger partial charge in [-0.3, -0.25) is 9.78 Å². The van der Waals surface area contributed by atoms with Crippen molar-refractivity contribution in [1.82, 2.24) is 9.97 Å². The van der Waals surface area contributed by atoms with E-state index in [1.54, 1.807) is 6.33 Å². The number of furan rings is 1. The van der Waals surface area contributed by atoms with Crippen molar-refractivity contribution >= 4 is 27.7 Å². The van der Waals surface area contributed by atoms with Crippen molar-refractivity contribution in [2.75, 3.05) is 0 Å². The third-order valence-corrected chi connectivity index (χ3v) is 10.9. The summed E-state index contributed by atoms with van der Waals surface area (Å²) in [6.07, 6.45) is 8.29. The van der Waals surface area contributed by atoms with E-state index in [0.29, 0.717) is 5.71 Å². The van der Waals surface area contributed by atoms with Gasteiger partial charge in [-0.25, -0.2) is 4.98 Å². The fourth-order valence-corrected chi connectivity index (χ4v) is 6.53. The number of carbonyl (C=O) groups is 1. The zero-order valence-corrected chi connectivity index (χ0v) is 33.0. The predicted octanol–water partition coefficient (Wildman–Crippen LogP) is 11.6. The minimum Gasteiger partial charge on any atom is -0.512 e. The maximum absolute atomic E-state index is 12.2. The van der Waals surface area contributed by atoms with Crippen LogP contribution in [0.5, 0.6) is 0 Å². The molecule has 0 saturated heterocycles. The Bertz CT molecular complexity index is 1970. The molecule has 0 fully saturated rings. The van der Waals surface area contributed by atoms with Gasteiger partial charge in [0.2, 0.25) is 5.71 Å². The molecule has 0 bridgehead atoms. The normalized spacial score (nSPS) is 13.3. The van der Waals surface area contributed by atoms with Crippen molar-refractivity contribution in [2.45, 2.75) is 106 Å². The minimum atomic E-state index is -0.337. The molecule has 0 saturated carbocycles. The maximum atomic E-state index is 12.2. The van der Waals surface area contributed by atoms with E-state index in [1.807, 2.05) is 41.5 Å². The third kappa shape index (κ3) is 7.47. The summed E-state index contributed by atoms with van der Waals surface area (Å²) in [5.41, 5.74) is 6.98. The summed E-state index contributed by atoms with van der Waals surface area (Å²) in [7, 11) is 0. The average molecular weight is 836 g/mol. The van der Waals surface area contributed by atoms with Crippen LogP contribution in [0.15, 0.2) is 77.2 Å². The monoisotopic (exact) mass is 836 g/mol. The molecule has 261 valence electrons. The number of hydrogen-bond acceptors (Lipinski definition) is 5. The van der Waals surface area contributed by atoms with Gasteiger partial charge < -0.3 is 9.52 Å². The van der Waals surface area contributed by atoms with E-state index in [1.165, 1.54) is 33.7 Å². The number of benzene rings is 3. The fourth-order valence-electron chi connectivity index (χ4n) is 6.53. The van der Waals surface area contributed by atoms with Crippen molar-refractivity contribution in [3.63, 3.8) is 0 Å². The zero-order chi connectivity index (χ0) is 34.9. The fraction of sp³-hybridized carbons (Fsp3) is 0.419. The van der Waals surface area contributed by atoms with Crippen LogP contribution in [0.2, 0.25) is 0 Å². The Hall–Kier alpha value is -3.60. The molecule has 2 heterocycles. The van der Waals surface area contributed by atoms with Gasteiger partial charge in [-0.1, -0.05) is 116 Å². The Morgan fingerprint density at radius 3 is 2.16 bits per heavy atom. The van der Waals surface area contributed by atoms with E-state index in [4.69, 9.17) is 9.40 Å². The maximum Gasteiger partial charge on any atom is 0.223 e. The predicted molar refractivity (Wildman–Crippen MR) is 198 cm³/mol. The Morgan fingerprint density at radius 2 is 1.51 bits per heavy atom. The Kier molecular flexibility index (Phi) is 11.8. The number of fused-ring (bicyclic) bond motifs is 6. The number of nitrogens with zero attached hydrogens (tertiary/aromatic N) is 2. The number of aryl methyl sites for hydroxylation is 2. The summed E-state index contributed by atoms with van der Waals surface area (Å²) >= 11 is 0. The van der Waals surface area contributed by atoms with E-state index in [0.717, 1.165) is 66.3 Å². The second kappa shape index (κ2) is 15.1. The topological polar surface area (TPSA) is 76.2 Å². The van der Waals surface area contributed by atoms with Gasteiger partial charge in [-0.2, -0.15) is 0 Å². The molecule has 0 unspecified atom stereocenters. The summed E-state index contributed by atoms with van der Waals surface area (Å²) in [6.45, 7) is 18.8. The first-order valence-corrected chi connectivity index (χ1v) is 17.6. The van der Waals surface area contributed by atoms with Crippen LogP contribution in [-0.4, -0.2) is 20.9 Å². The van der Waals surface area contributed by atoms with Gasteiger partial charge in [0.05, 0.1) is 0 Å². The van der Waals surface area contributed by atoms with Gasteiger partial charge in [0.25, 0.3) is 0 Å². The van der Waals surface area contributed by atoms with Crippen molar-refractivity contribution in [1.29, 1.82) is 0 Å². The number of rotatable bonds is 8. The van der Waals surface area contributed by atoms with Crippen LogP contribution in [0, 0.1) is 16.9 Å². The smallest absolute Gasteiger partial charge is 0.223 e. The van der Waals surface area contributed by atoms with E-state index in [9.17, 15) is 9.90 Å². The number of hydrogen-bond donors (Lipinski definition) is 1. The van der Waals surface area contributed by atoms with Crippen molar-refractivity contribution in [2.24, 2.45) is 10.8 Å². The van der Waals surface area contributed by atoms with Gasteiger partial charge in [0.15, 0.2) is 5.78 Å². The first-order valence-electron chi connectivity index (χ1n) is 17.6. The van der Waals surface area contributed by atoms with E-state index >= 15 is 0 Å². The molecule has 6 rings (SSSR count). The van der Waals surface area contributed by atoms with Crippen molar-refractivity contribution in [3.8, 4) is 22.6 Å². The molecular weight excluding hydrogens is 785 g/mol. The van der Waals surface area contributed by atoms with Crippen LogP contribution in [0.25, 0.3) is 44.5 Å². The Labute approximate surface area is 306 Å². The standard InChI is InChI=1S/C28H23N2O.C15H28O2.Ir/c1-28(2,3)23-15-19(14-18-9-5-6-10-20(18)23)25-24-22-13-12-17-8-4-7-11-21(17)26(22)31-27(24)30-16-29-25;1-7-14(5,8-2)12(16)11-13(17)15(6,9-3)10-4;/h4-11,15-16H,12-13H2,1-3H3;11,16H,7-10H2,1-6H3;/q-1;;/b;12-11-;. The van der Waals surface area contributed by atoms with Crippen LogP contribution < -0.4 is 0 Å². The molecule has 0 atom stereocenters. The molecule has 1 aliphatic rings. The second-order valence-corrected chi connectivity index (χ2v) is 14.8. The van der Waals surface area contributed by atoms with Gasteiger partial charge in [-0.15, -0.1) is 29.1 Å². The molecule has 1 radical (unpaired) electrons. The van der Waals surface area contributed by atoms with Crippen LogP contribution in [0.3, 0.4) is 0 Å². The van der Waals surface area contributed by atoms with Gasteiger partial charge in [0, 0.05) is 59.2 Å². The van der Waals surface area contributed by atoms with E-state index in [-0.39, 0.29) is 47.9 Å². The molecule has 1 N–H and O–H groups in total. The Balaban J connectivity index is 0.000000260. The number of aromatic nitrogens is 2. The summed E-state index contributed by atoms with van der Waals surface area (Å²) in [4.78, 5) is 21.4. The van der Waals surface area contributed by atoms with E-state index in [2.05, 4.69) is 86.4 Å². The third-order valence-electron chi connectivity index (χ3n) is 10.9. The number of aliphatic hydroxyl groups excluding tert-OH is 1. The number of aliphatic hydroxyl groups is 1. The van der Waals surface area contributed by atoms with Crippen LogP contribution in [0.4, 0.5) is 0 Å². The number of allylic oxidation sites excluding steroid dienone is 2. The molecule has 6 heteroatoms. The summed E-state index contributed by atoms with van der Waals surface area (Å²) in [5, 5.41) is 13.5. The second-order valence-electron chi connectivity index (χ2n) is 14.8. The number of ketones is 1. The summed E-state index contributed by atoms with van der Waals surface area (Å²) < 4.78 is 6.30. The van der Waals surface area contributed by atoms with Crippen LogP contribution in [-0.2, 0) is 43.2 Å². The molecular formula is C43H51IrN2O3-. The van der Waals surface area contributed by atoms with Crippen LogP contribution in [0.1, 0.15) is 105 Å². The van der Waals surface area contributed by atoms with Crippen molar-refractivity contribution in [3.05, 3.63) is 95.5 Å². The molecule has 2 aromatic heterocycles. The molecule has 0 amide bonds. The molecule has 0 spiro atoms. The first-order chi connectivity index (χ1) is 22.8. The minimum absolute atomic E-state index is 0. The summed E-state index contributed by atoms with van der Waals surface area (Å²) in [6, 6.07) is 22.9. The van der Waals surface area contributed by atoms with Crippen LogP contribution >= 0.6 is 0 Å². The molecule has 1 aliphatic carbocycles. The Morgan fingerprint density at radius 1 is 0.878 bits per heavy atom. The first kappa shape index (κ1) is 38.2. The zero-order valence-electron chi connectivity index (χ0n) is 30.6. The van der Waals surface area contributed by atoms with Gasteiger partial charge in [0.1, 0.15) is 17.8 Å². The van der Waals surface area contributed by atoms with Gasteiger partial charge >= 0.3 is 0 Å². The summed E-state index contributed by atoms with van der Waals surface area (Å²) in [5.74, 6) is 1.23. The molecule has 49 heavy (non-hydrogen) atoms. The largest absolute Gasteiger partial charge is 0.512 e. The average Bonchev–Trinajstić information content (AvgIpc) is 3.49. The molecule has 3 aromatic carbocycles. The SMILES string of the molecule is CC(C)(C)c1cc(-c2ncnc3oc4c(c23)CCc2ccccc2-4)[c-]c2ccccc12.CCC(C)(CC)C(=O)/C=C(\O)C(C)(CC)CC.[Ir]. The van der Waals surface area contributed by atoms with Crippen molar-refractivity contribution < 1.29 is 34.4 Å². The molecule has 5 nitrogen and oxygen atoms in total. The quantitative estimate of drug-likeness (QED) is 0.0957. The number of carbonyl (C=O) groups excluding carboxylic acids is 1. The van der Waals surface area contributed by atoms with E-state index < -0.39 is 0 Å². The van der Waals surface area contributed by atoms with Gasteiger partial charge in [-0.05, 0) is 49.5 Å². The molecule has 5 aromatic rings.